The van der Waals surface area contributed by atoms with Crippen LogP contribution in [0.3, 0.4) is 0 Å². The minimum absolute atomic E-state index is 0.0135. The lowest BCUT2D eigenvalue weighted by Gasteiger charge is -2.56. The van der Waals surface area contributed by atoms with Gasteiger partial charge in [-0.15, -0.1) is 0 Å². The molecule has 4 aliphatic rings. The number of carbonyl (C=O) groups excluding carboxylic acids is 1. The van der Waals surface area contributed by atoms with E-state index in [0.29, 0.717) is 6.54 Å². The minimum Gasteiger partial charge on any atom is -0.352 e. The standard InChI is InChI=1S/C27H33N5O/c1-19-16-29-31(17-19)9-5-8-28-26(33)24-18-32(23-6-3-2-4-7-23)30-25(24)27-13-20-10-21(14-27)12-22(11-20)15-27/h2-4,6-7,16-18,20-22H,5,8-15H2,1H3,(H,28,33). The van der Waals surface area contributed by atoms with Crippen LogP contribution in [-0.4, -0.2) is 32.0 Å². The number of nitrogens with one attached hydrogen (secondary N) is 1. The average molecular weight is 444 g/mol. The van der Waals surface area contributed by atoms with Gasteiger partial charge in [0.15, 0.2) is 0 Å². The van der Waals surface area contributed by atoms with Gasteiger partial charge >= 0.3 is 0 Å². The van der Waals surface area contributed by atoms with E-state index in [4.69, 9.17) is 5.10 Å². The van der Waals surface area contributed by atoms with Crippen LogP contribution in [0.4, 0.5) is 0 Å². The highest BCUT2D eigenvalue weighted by molar-refractivity contribution is 5.95. The zero-order valence-electron chi connectivity index (χ0n) is 19.4. The van der Waals surface area contributed by atoms with Crippen LogP contribution in [0.25, 0.3) is 5.69 Å². The molecule has 3 aromatic rings. The van der Waals surface area contributed by atoms with E-state index in [1.807, 2.05) is 53.1 Å². The maximum atomic E-state index is 13.4. The van der Waals surface area contributed by atoms with Crippen molar-refractivity contribution in [2.24, 2.45) is 17.8 Å². The van der Waals surface area contributed by atoms with E-state index in [1.54, 1.807) is 0 Å². The first kappa shape index (κ1) is 20.7. The summed E-state index contributed by atoms with van der Waals surface area (Å²) in [6.07, 6.45) is 14.5. The molecule has 6 heteroatoms. The average Bonchev–Trinajstić information content (AvgIpc) is 3.43. The van der Waals surface area contributed by atoms with Gasteiger partial charge in [0, 0.05) is 30.9 Å². The highest BCUT2D eigenvalue weighted by atomic mass is 16.1. The van der Waals surface area contributed by atoms with Crippen LogP contribution >= 0.6 is 0 Å². The summed E-state index contributed by atoms with van der Waals surface area (Å²) >= 11 is 0. The molecule has 1 N–H and O–H groups in total. The molecule has 4 bridgehead atoms. The SMILES string of the molecule is Cc1cnn(CCCNC(=O)c2cn(-c3ccccc3)nc2C23CC4CC(CC(C4)C2)C3)c1. The van der Waals surface area contributed by atoms with Gasteiger partial charge in [-0.2, -0.15) is 10.2 Å². The lowest BCUT2D eigenvalue weighted by molar-refractivity contribution is -0.00770. The molecular formula is C27H33N5O. The second-order valence-electron chi connectivity index (χ2n) is 10.8. The summed E-state index contributed by atoms with van der Waals surface area (Å²) in [7, 11) is 0. The van der Waals surface area contributed by atoms with Gasteiger partial charge in [-0.05, 0) is 87.3 Å². The first-order chi connectivity index (χ1) is 16.1. The Morgan fingerprint density at radius 2 is 1.76 bits per heavy atom. The molecule has 0 aliphatic heterocycles. The van der Waals surface area contributed by atoms with Gasteiger partial charge in [-0.3, -0.25) is 9.48 Å². The van der Waals surface area contributed by atoms with Crippen molar-refractivity contribution in [3.8, 4) is 5.69 Å². The second-order valence-corrected chi connectivity index (χ2v) is 10.8. The summed E-state index contributed by atoms with van der Waals surface area (Å²) < 4.78 is 3.87. The highest BCUT2D eigenvalue weighted by Crippen LogP contribution is 2.60. The molecule has 172 valence electrons. The lowest BCUT2D eigenvalue weighted by atomic mass is 9.48. The van der Waals surface area contributed by atoms with Crippen LogP contribution in [-0.2, 0) is 12.0 Å². The number of para-hydroxylation sites is 1. The van der Waals surface area contributed by atoms with E-state index < -0.39 is 0 Å². The molecule has 0 atom stereocenters. The Balaban J connectivity index is 1.25. The van der Waals surface area contributed by atoms with Crippen molar-refractivity contribution in [1.82, 2.24) is 24.9 Å². The molecule has 4 fully saturated rings. The molecule has 0 unspecified atom stereocenters. The monoisotopic (exact) mass is 443 g/mol. The predicted molar refractivity (Wildman–Crippen MR) is 127 cm³/mol. The van der Waals surface area contributed by atoms with E-state index in [0.717, 1.165) is 53.2 Å². The fourth-order valence-electron chi connectivity index (χ4n) is 7.17. The fraction of sp³-hybridized carbons (Fsp3) is 0.519. The predicted octanol–water partition coefficient (Wildman–Crippen LogP) is 4.67. The van der Waals surface area contributed by atoms with Gasteiger partial charge in [0.1, 0.15) is 0 Å². The third-order valence-corrected chi connectivity index (χ3v) is 8.13. The van der Waals surface area contributed by atoms with Gasteiger partial charge in [0.25, 0.3) is 5.91 Å². The molecule has 33 heavy (non-hydrogen) atoms. The summed E-state index contributed by atoms with van der Waals surface area (Å²) in [6, 6.07) is 10.2. The zero-order valence-corrected chi connectivity index (χ0v) is 19.4. The molecule has 7 rings (SSSR count). The van der Waals surface area contributed by atoms with Crippen LogP contribution in [0.1, 0.15) is 66.6 Å². The number of benzene rings is 1. The van der Waals surface area contributed by atoms with Gasteiger partial charge in [-0.1, -0.05) is 18.2 Å². The Morgan fingerprint density at radius 1 is 1.06 bits per heavy atom. The van der Waals surface area contributed by atoms with E-state index in [2.05, 4.69) is 22.5 Å². The smallest absolute Gasteiger partial charge is 0.254 e. The number of carbonyl (C=O) groups is 1. The largest absolute Gasteiger partial charge is 0.352 e. The van der Waals surface area contributed by atoms with E-state index in [-0.39, 0.29) is 11.3 Å². The molecule has 4 aliphatic carbocycles. The van der Waals surface area contributed by atoms with Crippen molar-refractivity contribution in [1.29, 1.82) is 0 Å². The Morgan fingerprint density at radius 3 is 2.39 bits per heavy atom. The maximum absolute atomic E-state index is 13.4. The summed E-state index contributed by atoms with van der Waals surface area (Å²) in [5.74, 6) is 2.45. The van der Waals surface area contributed by atoms with Gasteiger partial charge in [0.05, 0.1) is 23.1 Å². The van der Waals surface area contributed by atoms with Crippen molar-refractivity contribution in [2.45, 2.75) is 63.8 Å². The molecule has 0 radical (unpaired) electrons. The maximum Gasteiger partial charge on any atom is 0.254 e. The van der Waals surface area contributed by atoms with Crippen LogP contribution < -0.4 is 5.32 Å². The third-order valence-electron chi connectivity index (χ3n) is 8.13. The summed E-state index contributed by atoms with van der Waals surface area (Å²) in [6.45, 7) is 3.48. The van der Waals surface area contributed by atoms with Crippen LogP contribution in [0.15, 0.2) is 48.9 Å². The Hall–Kier alpha value is -2.89. The molecule has 4 saturated carbocycles. The molecular weight excluding hydrogens is 410 g/mol. The van der Waals surface area contributed by atoms with Gasteiger partial charge in [-0.25, -0.2) is 4.68 Å². The topological polar surface area (TPSA) is 64.7 Å². The van der Waals surface area contributed by atoms with Crippen molar-refractivity contribution in [3.05, 3.63) is 65.7 Å². The van der Waals surface area contributed by atoms with E-state index in [9.17, 15) is 4.79 Å². The van der Waals surface area contributed by atoms with E-state index in [1.165, 1.54) is 38.5 Å². The number of hydrogen-bond acceptors (Lipinski definition) is 3. The van der Waals surface area contributed by atoms with Crippen LogP contribution in [0, 0.1) is 24.7 Å². The first-order valence-corrected chi connectivity index (χ1v) is 12.5. The first-order valence-electron chi connectivity index (χ1n) is 12.5. The Bertz CT molecular complexity index is 1110. The van der Waals surface area contributed by atoms with Crippen LogP contribution in [0.2, 0.25) is 0 Å². The lowest BCUT2D eigenvalue weighted by Crippen LogP contribution is -2.49. The van der Waals surface area contributed by atoms with Crippen molar-refractivity contribution in [2.75, 3.05) is 6.54 Å². The fourth-order valence-corrected chi connectivity index (χ4v) is 7.17. The summed E-state index contributed by atoms with van der Waals surface area (Å²) in [4.78, 5) is 13.4. The molecule has 6 nitrogen and oxygen atoms in total. The number of aryl methyl sites for hydroxylation is 2. The van der Waals surface area contributed by atoms with Crippen molar-refractivity contribution in [3.63, 3.8) is 0 Å². The van der Waals surface area contributed by atoms with Gasteiger partial charge < -0.3 is 5.32 Å². The molecule has 1 amide bonds. The number of hydrogen-bond donors (Lipinski definition) is 1. The van der Waals surface area contributed by atoms with Crippen molar-refractivity contribution < 1.29 is 4.79 Å². The number of aromatic nitrogens is 4. The zero-order chi connectivity index (χ0) is 22.4. The Kier molecular flexibility index (Phi) is 5.11. The molecule has 0 spiro atoms. The highest BCUT2D eigenvalue weighted by Gasteiger charge is 2.53. The molecule has 0 saturated heterocycles. The number of amides is 1. The van der Waals surface area contributed by atoms with Crippen LogP contribution in [0.5, 0.6) is 0 Å². The Labute approximate surface area is 195 Å². The van der Waals surface area contributed by atoms with E-state index >= 15 is 0 Å². The molecule has 1 aromatic carbocycles. The minimum atomic E-state index is 0.0135. The number of nitrogens with zero attached hydrogens (tertiary/aromatic N) is 4. The summed E-state index contributed by atoms with van der Waals surface area (Å²) in [5.41, 5.74) is 4.07. The molecule has 2 heterocycles. The van der Waals surface area contributed by atoms with Crippen molar-refractivity contribution >= 4 is 5.91 Å². The quantitative estimate of drug-likeness (QED) is 0.540. The van der Waals surface area contributed by atoms with Gasteiger partial charge in [0.2, 0.25) is 0 Å². The third kappa shape index (κ3) is 3.90. The second kappa shape index (κ2) is 8.15. The number of rotatable bonds is 7. The molecule has 2 aromatic heterocycles. The normalized spacial score (nSPS) is 27.7. The summed E-state index contributed by atoms with van der Waals surface area (Å²) in [5, 5.41) is 12.6.